The predicted molar refractivity (Wildman–Crippen MR) is 112 cm³/mol. The van der Waals surface area contributed by atoms with Crippen molar-refractivity contribution in [1.29, 1.82) is 0 Å². The number of methoxy groups -OCH3 is 1. The molecule has 0 fully saturated rings. The fourth-order valence-corrected chi connectivity index (χ4v) is 4.67. The predicted octanol–water partition coefficient (Wildman–Crippen LogP) is 5.05. The summed E-state index contributed by atoms with van der Waals surface area (Å²) in [6.45, 7) is 0.146. The molecule has 146 valence electrons. The van der Waals surface area contributed by atoms with E-state index in [0.717, 1.165) is 27.3 Å². The highest BCUT2D eigenvalue weighted by Crippen LogP contribution is 2.47. The normalized spacial score (nSPS) is 15.2. The molecular weight excluding hydrogens is 389 g/mol. The van der Waals surface area contributed by atoms with E-state index in [1.165, 1.54) is 12.1 Å². The lowest BCUT2D eigenvalue weighted by Crippen LogP contribution is -2.22. The standard InChI is InChI=1S/C23H18FNO3S/c1-3-9-28-19-8-7-15(11-20(19)27-2)17-12-21(26)25-22-18(13-29-23(17)22)14-5-4-6-16(24)10-14/h1,4-8,10-11,13,17H,9,12H2,2H3,(H,25,26)/t17-/m0/s1. The van der Waals surface area contributed by atoms with Crippen molar-refractivity contribution in [3.8, 4) is 35.0 Å². The van der Waals surface area contributed by atoms with Crippen LogP contribution in [-0.4, -0.2) is 19.6 Å². The van der Waals surface area contributed by atoms with Gasteiger partial charge in [-0.1, -0.05) is 24.1 Å². The highest BCUT2D eigenvalue weighted by molar-refractivity contribution is 7.11. The molecule has 0 aliphatic carbocycles. The molecule has 0 unspecified atom stereocenters. The molecule has 0 saturated carbocycles. The molecule has 4 rings (SSSR count). The van der Waals surface area contributed by atoms with Crippen molar-refractivity contribution >= 4 is 22.9 Å². The molecule has 2 heterocycles. The van der Waals surface area contributed by atoms with Crippen molar-refractivity contribution in [1.82, 2.24) is 0 Å². The largest absolute Gasteiger partial charge is 0.493 e. The third kappa shape index (κ3) is 3.69. The lowest BCUT2D eigenvalue weighted by atomic mass is 9.89. The summed E-state index contributed by atoms with van der Waals surface area (Å²) in [5.41, 5.74) is 3.25. The van der Waals surface area contributed by atoms with Crippen LogP contribution in [0.15, 0.2) is 47.8 Å². The number of anilines is 1. The molecule has 0 saturated heterocycles. The number of halogens is 1. The van der Waals surface area contributed by atoms with Crippen LogP contribution in [0.2, 0.25) is 0 Å². The summed E-state index contributed by atoms with van der Waals surface area (Å²) in [6.07, 6.45) is 5.58. The molecule has 0 spiro atoms. The first kappa shape index (κ1) is 19.0. The third-order valence-electron chi connectivity index (χ3n) is 4.83. The number of amides is 1. The van der Waals surface area contributed by atoms with Gasteiger partial charge < -0.3 is 14.8 Å². The number of hydrogen-bond donors (Lipinski definition) is 1. The van der Waals surface area contributed by atoms with Gasteiger partial charge in [-0.25, -0.2) is 4.39 Å². The van der Waals surface area contributed by atoms with Gasteiger partial charge in [0.15, 0.2) is 11.5 Å². The first-order chi connectivity index (χ1) is 14.1. The van der Waals surface area contributed by atoms with Gasteiger partial charge in [0.1, 0.15) is 12.4 Å². The van der Waals surface area contributed by atoms with Gasteiger partial charge in [0.2, 0.25) is 5.91 Å². The Kier molecular flexibility index (Phi) is 5.24. The number of hydrogen-bond acceptors (Lipinski definition) is 4. The molecule has 0 radical (unpaired) electrons. The number of ether oxygens (including phenoxy) is 2. The smallest absolute Gasteiger partial charge is 0.225 e. The number of benzene rings is 2. The van der Waals surface area contributed by atoms with E-state index in [1.807, 2.05) is 23.6 Å². The Hall–Kier alpha value is -3.30. The van der Waals surface area contributed by atoms with Crippen LogP contribution in [0.3, 0.4) is 0 Å². The number of carbonyl (C=O) groups is 1. The first-order valence-corrected chi connectivity index (χ1v) is 9.90. The summed E-state index contributed by atoms with van der Waals surface area (Å²) in [7, 11) is 1.56. The van der Waals surface area contributed by atoms with Crippen molar-refractivity contribution in [3.63, 3.8) is 0 Å². The lowest BCUT2D eigenvalue weighted by Gasteiger charge is -2.24. The maximum Gasteiger partial charge on any atom is 0.225 e. The summed E-state index contributed by atoms with van der Waals surface area (Å²) in [4.78, 5) is 13.5. The third-order valence-corrected chi connectivity index (χ3v) is 5.92. The van der Waals surface area contributed by atoms with Crippen LogP contribution in [0, 0.1) is 18.2 Å². The van der Waals surface area contributed by atoms with E-state index in [4.69, 9.17) is 15.9 Å². The van der Waals surface area contributed by atoms with Crippen LogP contribution in [0.1, 0.15) is 22.8 Å². The van der Waals surface area contributed by atoms with Crippen LogP contribution in [0.5, 0.6) is 11.5 Å². The van der Waals surface area contributed by atoms with Crippen LogP contribution < -0.4 is 14.8 Å². The molecule has 1 aliphatic rings. The van der Waals surface area contributed by atoms with Crippen molar-refractivity contribution < 1.29 is 18.7 Å². The summed E-state index contributed by atoms with van der Waals surface area (Å²) < 4.78 is 24.7. The highest BCUT2D eigenvalue weighted by atomic mass is 32.1. The molecule has 1 atom stereocenters. The fourth-order valence-electron chi connectivity index (χ4n) is 3.50. The van der Waals surface area contributed by atoms with Crippen LogP contribution >= 0.6 is 11.3 Å². The zero-order valence-corrected chi connectivity index (χ0v) is 16.5. The summed E-state index contributed by atoms with van der Waals surface area (Å²) in [6, 6.07) is 12.0. The molecule has 0 bridgehead atoms. The van der Waals surface area contributed by atoms with E-state index in [9.17, 15) is 9.18 Å². The van der Waals surface area contributed by atoms with Crippen LogP contribution in [0.4, 0.5) is 10.1 Å². The van der Waals surface area contributed by atoms with Crippen LogP contribution in [0.25, 0.3) is 11.1 Å². The summed E-state index contributed by atoms with van der Waals surface area (Å²) in [5, 5.41) is 4.92. The topological polar surface area (TPSA) is 47.6 Å². The second-order valence-electron chi connectivity index (χ2n) is 6.61. The van der Waals surface area contributed by atoms with Gasteiger partial charge in [-0.15, -0.1) is 17.8 Å². The Morgan fingerprint density at radius 3 is 2.90 bits per heavy atom. The first-order valence-electron chi connectivity index (χ1n) is 9.02. The Morgan fingerprint density at radius 2 is 2.14 bits per heavy atom. The highest BCUT2D eigenvalue weighted by Gasteiger charge is 2.31. The number of nitrogens with one attached hydrogen (secondary N) is 1. The van der Waals surface area contributed by atoms with Gasteiger partial charge in [0, 0.05) is 28.2 Å². The molecule has 1 aromatic heterocycles. The minimum Gasteiger partial charge on any atom is -0.493 e. The number of thiophene rings is 1. The van der Waals surface area contributed by atoms with Gasteiger partial charge in [-0.2, -0.15) is 0 Å². The van der Waals surface area contributed by atoms with Crippen molar-refractivity contribution in [3.05, 3.63) is 64.1 Å². The minimum absolute atomic E-state index is 0.0785. The molecule has 2 aromatic carbocycles. The number of fused-ring (bicyclic) bond motifs is 1. The second-order valence-corrected chi connectivity index (χ2v) is 7.52. The quantitative estimate of drug-likeness (QED) is 0.602. The molecule has 6 heteroatoms. The van der Waals surface area contributed by atoms with Crippen molar-refractivity contribution in [2.24, 2.45) is 0 Å². The van der Waals surface area contributed by atoms with Gasteiger partial charge in [0.25, 0.3) is 0 Å². The van der Waals surface area contributed by atoms with E-state index in [-0.39, 0.29) is 24.2 Å². The molecule has 29 heavy (non-hydrogen) atoms. The minimum atomic E-state index is -0.312. The van der Waals surface area contributed by atoms with E-state index in [2.05, 4.69) is 11.2 Å². The van der Waals surface area contributed by atoms with Gasteiger partial charge in [-0.05, 0) is 35.4 Å². The van der Waals surface area contributed by atoms with Gasteiger partial charge in [-0.3, -0.25) is 4.79 Å². The molecule has 1 amide bonds. The number of terminal acetylenes is 1. The molecule has 4 nitrogen and oxygen atoms in total. The molecular formula is C23H18FNO3S. The average molecular weight is 407 g/mol. The van der Waals surface area contributed by atoms with Crippen LogP contribution in [-0.2, 0) is 4.79 Å². The monoisotopic (exact) mass is 407 g/mol. The van der Waals surface area contributed by atoms with E-state index in [1.54, 1.807) is 30.6 Å². The van der Waals surface area contributed by atoms with E-state index < -0.39 is 0 Å². The Bertz CT molecular complexity index is 1120. The summed E-state index contributed by atoms with van der Waals surface area (Å²) in [5.74, 6) is 3.04. The van der Waals surface area contributed by atoms with Gasteiger partial charge in [0.05, 0.1) is 12.8 Å². The maximum absolute atomic E-state index is 13.7. The number of carbonyl (C=O) groups excluding carboxylic acids is 1. The SMILES string of the molecule is C#CCOc1ccc([C@@H]2CC(=O)Nc3c(-c4cccc(F)c4)csc32)cc1OC. The Labute approximate surface area is 172 Å². The van der Waals surface area contributed by atoms with E-state index in [0.29, 0.717) is 17.9 Å². The van der Waals surface area contributed by atoms with E-state index >= 15 is 0 Å². The molecule has 3 aromatic rings. The fraction of sp³-hybridized carbons (Fsp3) is 0.174. The van der Waals surface area contributed by atoms with Gasteiger partial charge >= 0.3 is 0 Å². The second kappa shape index (κ2) is 7.98. The Morgan fingerprint density at radius 1 is 1.28 bits per heavy atom. The lowest BCUT2D eigenvalue weighted by molar-refractivity contribution is -0.116. The molecule has 1 aliphatic heterocycles. The Balaban J connectivity index is 1.75. The maximum atomic E-state index is 13.7. The average Bonchev–Trinajstić information content (AvgIpc) is 3.15. The zero-order chi connectivity index (χ0) is 20.4. The van der Waals surface area contributed by atoms with Crippen molar-refractivity contribution in [2.75, 3.05) is 19.0 Å². The number of rotatable bonds is 5. The zero-order valence-electron chi connectivity index (χ0n) is 15.7. The summed E-state index contributed by atoms with van der Waals surface area (Å²) >= 11 is 1.55. The molecule has 1 N–H and O–H groups in total. The van der Waals surface area contributed by atoms with Crippen molar-refractivity contribution in [2.45, 2.75) is 12.3 Å².